The molecular formula is C21H35ClN2O4. The average Bonchev–Trinajstić information content (AvgIpc) is 2.64. The molecule has 1 aromatic carbocycles. The summed E-state index contributed by atoms with van der Waals surface area (Å²) in [6, 6.07) is 3.80. The topological polar surface area (TPSA) is 65.4 Å². The largest absolute Gasteiger partial charge is 0.491 e. The van der Waals surface area contributed by atoms with E-state index in [4.69, 9.17) is 21.1 Å². The summed E-state index contributed by atoms with van der Waals surface area (Å²) in [6.45, 7) is 13.2. The summed E-state index contributed by atoms with van der Waals surface area (Å²) in [7, 11) is 0. The van der Waals surface area contributed by atoms with Crippen LogP contribution in [0.5, 0.6) is 5.75 Å². The fourth-order valence-corrected chi connectivity index (χ4v) is 3.45. The fraction of sp³-hybridized carbons (Fsp3) is 0.714. The van der Waals surface area contributed by atoms with Gasteiger partial charge in [0.1, 0.15) is 18.5 Å². The van der Waals surface area contributed by atoms with Gasteiger partial charge in [-0.25, -0.2) is 0 Å². The molecule has 7 heteroatoms. The lowest BCUT2D eigenvalue weighted by Gasteiger charge is -2.36. The van der Waals surface area contributed by atoms with Crippen LogP contribution < -0.4 is 4.74 Å². The van der Waals surface area contributed by atoms with Crippen LogP contribution in [0, 0.1) is 13.8 Å². The van der Waals surface area contributed by atoms with Crippen molar-refractivity contribution in [3.05, 3.63) is 28.3 Å². The molecule has 1 heterocycles. The van der Waals surface area contributed by atoms with Gasteiger partial charge in [0, 0.05) is 44.3 Å². The maximum atomic E-state index is 10.3. The number of ether oxygens (including phenoxy) is 2. The Morgan fingerprint density at radius 1 is 0.929 bits per heavy atom. The Kier molecular flexibility index (Phi) is 9.47. The molecule has 28 heavy (non-hydrogen) atoms. The molecule has 2 unspecified atom stereocenters. The van der Waals surface area contributed by atoms with Crippen molar-refractivity contribution in [3.8, 4) is 5.75 Å². The van der Waals surface area contributed by atoms with Crippen molar-refractivity contribution < 1.29 is 19.7 Å². The minimum Gasteiger partial charge on any atom is -0.491 e. The van der Waals surface area contributed by atoms with Crippen LogP contribution in [0.25, 0.3) is 0 Å². The molecule has 0 radical (unpaired) electrons. The summed E-state index contributed by atoms with van der Waals surface area (Å²) in [5.74, 6) is 0.737. The Morgan fingerprint density at radius 3 is 1.86 bits per heavy atom. The summed E-state index contributed by atoms with van der Waals surface area (Å²) < 4.78 is 11.2. The highest BCUT2D eigenvalue weighted by molar-refractivity contribution is 6.32. The third-order valence-electron chi connectivity index (χ3n) is 4.88. The quantitative estimate of drug-likeness (QED) is 0.611. The standard InChI is InChI=1S/C21H35ClN2O4/c1-15(2)27-13-18(25)11-23-5-7-24(8-6-23)12-19(26)14-28-20-9-16(3)21(22)17(4)10-20/h9-10,15,18-19,25-26H,5-8,11-14H2,1-4H3. The molecule has 2 atom stereocenters. The highest BCUT2D eigenvalue weighted by Crippen LogP contribution is 2.25. The number of hydrogen-bond donors (Lipinski definition) is 2. The van der Waals surface area contributed by atoms with E-state index in [0.717, 1.165) is 48.1 Å². The molecule has 0 spiro atoms. The fourth-order valence-electron chi connectivity index (χ4n) is 3.34. The van der Waals surface area contributed by atoms with Crippen molar-refractivity contribution in [2.24, 2.45) is 0 Å². The van der Waals surface area contributed by atoms with E-state index in [0.29, 0.717) is 19.7 Å². The maximum Gasteiger partial charge on any atom is 0.120 e. The molecule has 1 saturated heterocycles. The molecule has 2 rings (SSSR count). The minimum atomic E-state index is -0.548. The van der Waals surface area contributed by atoms with Gasteiger partial charge in [0.05, 0.1) is 18.8 Å². The second-order valence-corrected chi connectivity index (χ2v) is 8.35. The van der Waals surface area contributed by atoms with Crippen LogP contribution in [0.1, 0.15) is 25.0 Å². The van der Waals surface area contributed by atoms with Gasteiger partial charge in [-0.2, -0.15) is 0 Å². The van der Waals surface area contributed by atoms with E-state index in [1.165, 1.54) is 0 Å². The van der Waals surface area contributed by atoms with Crippen LogP contribution in [-0.2, 0) is 4.74 Å². The molecule has 160 valence electrons. The second kappa shape index (κ2) is 11.3. The Bertz CT molecular complexity index is 583. The molecule has 1 fully saturated rings. The van der Waals surface area contributed by atoms with Crippen LogP contribution in [0.3, 0.4) is 0 Å². The Balaban J connectivity index is 1.67. The summed E-state index contributed by atoms with van der Waals surface area (Å²) in [6.07, 6.45) is -0.872. The smallest absolute Gasteiger partial charge is 0.120 e. The van der Waals surface area contributed by atoms with E-state index < -0.39 is 12.2 Å². The van der Waals surface area contributed by atoms with E-state index in [9.17, 15) is 10.2 Å². The molecule has 1 aliphatic rings. The maximum absolute atomic E-state index is 10.3. The molecule has 6 nitrogen and oxygen atoms in total. The van der Waals surface area contributed by atoms with Crippen LogP contribution >= 0.6 is 11.6 Å². The Morgan fingerprint density at radius 2 is 1.39 bits per heavy atom. The third kappa shape index (κ3) is 7.85. The molecule has 0 saturated carbocycles. The molecule has 0 aromatic heterocycles. The highest BCUT2D eigenvalue weighted by atomic mass is 35.5. The van der Waals surface area contributed by atoms with Gasteiger partial charge >= 0.3 is 0 Å². The molecule has 2 N–H and O–H groups in total. The molecule has 1 aliphatic heterocycles. The molecule has 0 bridgehead atoms. The average molecular weight is 415 g/mol. The van der Waals surface area contributed by atoms with Gasteiger partial charge in [0.15, 0.2) is 0 Å². The number of β-amino-alcohol motifs (C(OH)–C–C–N with tert-alkyl or cyclic N) is 2. The number of nitrogens with zero attached hydrogens (tertiary/aromatic N) is 2. The van der Waals surface area contributed by atoms with Gasteiger partial charge in [-0.3, -0.25) is 9.80 Å². The SMILES string of the molecule is Cc1cc(OCC(O)CN2CCN(CC(O)COC(C)C)CC2)cc(C)c1Cl. The van der Waals surface area contributed by atoms with Crippen molar-refractivity contribution in [2.45, 2.75) is 46.0 Å². The van der Waals surface area contributed by atoms with E-state index in [-0.39, 0.29) is 12.7 Å². The highest BCUT2D eigenvalue weighted by Gasteiger charge is 2.21. The monoisotopic (exact) mass is 414 g/mol. The lowest BCUT2D eigenvalue weighted by atomic mass is 10.1. The van der Waals surface area contributed by atoms with Gasteiger partial charge in [-0.1, -0.05) is 11.6 Å². The number of benzene rings is 1. The van der Waals surface area contributed by atoms with Crippen LogP contribution in [0.4, 0.5) is 0 Å². The van der Waals surface area contributed by atoms with Crippen molar-refractivity contribution in [3.63, 3.8) is 0 Å². The van der Waals surface area contributed by atoms with Gasteiger partial charge in [-0.15, -0.1) is 0 Å². The first-order valence-corrected chi connectivity index (χ1v) is 10.4. The van der Waals surface area contributed by atoms with E-state index >= 15 is 0 Å². The van der Waals surface area contributed by atoms with E-state index in [1.54, 1.807) is 0 Å². The normalized spacial score (nSPS) is 18.4. The van der Waals surface area contributed by atoms with Crippen molar-refractivity contribution in [1.29, 1.82) is 0 Å². The predicted molar refractivity (Wildman–Crippen MR) is 112 cm³/mol. The van der Waals surface area contributed by atoms with Crippen LogP contribution in [0.2, 0.25) is 5.02 Å². The number of halogens is 1. The summed E-state index contributed by atoms with van der Waals surface area (Å²) in [5, 5.41) is 21.1. The number of hydrogen-bond acceptors (Lipinski definition) is 6. The first kappa shape index (κ1) is 23.4. The first-order chi connectivity index (χ1) is 13.2. The van der Waals surface area contributed by atoms with E-state index in [1.807, 2.05) is 39.8 Å². The lowest BCUT2D eigenvalue weighted by Crippen LogP contribution is -2.51. The first-order valence-electron chi connectivity index (χ1n) is 10.1. The zero-order valence-corrected chi connectivity index (χ0v) is 18.3. The number of piperazine rings is 1. The van der Waals surface area contributed by atoms with Gasteiger partial charge in [0.2, 0.25) is 0 Å². The molecular weight excluding hydrogens is 380 g/mol. The zero-order valence-electron chi connectivity index (χ0n) is 17.5. The lowest BCUT2D eigenvalue weighted by molar-refractivity contribution is -0.0176. The Labute approximate surface area is 174 Å². The zero-order chi connectivity index (χ0) is 20.7. The number of rotatable bonds is 10. The minimum absolute atomic E-state index is 0.135. The molecule has 0 aliphatic carbocycles. The number of aliphatic hydroxyl groups is 2. The van der Waals surface area contributed by atoms with Gasteiger partial charge in [0.25, 0.3) is 0 Å². The molecule has 1 aromatic rings. The van der Waals surface area contributed by atoms with Gasteiger partial charge < -0.3 is 19.7 Å². The second-order valence-electron chi connectivity index (χ2n) is 7.97. The van der Waals surface area contributed by atoms with Crippen molar-refractivity contribution in [2.75, 3.05) is 52.5 Å². The summed E-state index contributed by atoms with van der Waals surface area (Å²) >= 11 is 6.18. The third-order valence-corrected chi connectivity index (χ3v) is 5.47. The van der Waals surface area contributed by atoms with Crippen LogP contribution in [-0.4, -0.2) is 90.8 Å². The summed E-state index contributed by atoms with van der Waals surface area (Å²) in [5.41, 5.74) is 1.95. The Hall–Kier alpha value is -0.890. The number of aryl methyl sites for hydroxylation is 2. The van der Waals surface area contributed by atoms with Crippen LogP contribution in [0.15, 0.2) is 12.1 Å². The number of aliphatic hydroxyl groups excluding tert-OH is 2. The predicted octanol–water partition coefficient (Wildman–Crippen LogP) is 2.10. The van der Waals surface area contributed by atoms with E-state index in [2.05, 4.69) is 9.80 Å². The van der Waals surface area contributed by atoms with Crippen molar-refractivity contribution >= 4 is 11.6 Å². The summed E-state index contributed by atoms with van der Waals surface area (Å²) in [4.78, 5) is 4.48. The molecule has 0 amide bonds. The van der Waals surface area contributed by atoms with Crippen molar-refractivity contribution in [1.82, 2.24) is 9.80 Å². The van der Waals surface area contributed by atoms with Gasteiger partial charge in [-0.05, 0) is 51.0 Å².